The van der Waals surface area contributed by atoms with Gasteiger partial charge in [0.2, 0.25) is 0 Å². The average molecular weight is 290 g/mol. The summed E-state index contributed by atoms with van der Waals surface area (Å²) in [6.45, 7) is 0.202. The highest BCUT2D eigenvalue weighted by Crippen LogP contribution is 2.41. The van der Waals surface area contributed by atoms with Crippen molar-refractivity contribution in [1.29, 1.82) is 5.26 Å². The van der Waals surface area contributed by atoms with Gasteiger partial charge in [0.15, 0.2) is 0 Å². The zero-order valence-electron chi connectivity index (χ0n) is 11.4. The number of fused-ring (bicyclic) bond motifs is 4. The minimum Gasteiger partial charge on any atom is -0.508 e. The summed E-state index contributed by atoms with van der Waals surface area (Å²) < 4.78 is 5.64. The molecular weight excluding hydrogens is 280 g/mol. The first-order valence-corrected chi connectivity index (χ1v) is 6.69. The van der Waals surface area contributed by atoms with Crippen LogP contribution in [-0.4, -0.2) is 15.2 Å². The summed E-state index contributed by atoms with van der Waals surface area (Å²) in [6, 6.07) is 11.8. The van der Waals surface area contributed by atoms with Crippen LogP contribution in [0, 0.1) is 11.3 Å². The van der Waals surface area contributed by atoms with E-state index in [0.29, 0.717) is 33.5 Å². The number of nitriles is 1. The molecule has 22 heavy (non-hydrogen) atoms. The number of rotatable bonds is 0. The molecule has 0 bridgehead atoms. The minimum atomic E-state index is 0.0906. The van der Waals surface area contributed by atoms with Gasteiger partial charge < -0.3 is 14.9 Å². The number of hydrogen-bond donors (Lipinski definition) is 2. The lowest BCUT2D eigenvalue weighted by Crippen LogP contribution is -2.10. The molecule has 3 aromatic rings. The summed E-state index contributed by atoms with van der Waals surface area (Å²) in [5, 5.41) is 29.3. The lowest BCUT2D eigenvalue weighted by atomic mass is 9.95. The van der Waals surface area contributed by atoms with Crippen LogP contribution in [0.15, 0.2) is 36.4 Å². The van der Waals surface area contributed by atoms with Crippen LogP contribution in [0.4, 0.5) is 0 Å². The number of aromatic nitrogens is 1. The number of hydrogen-bond acceptors (Lipinski definition) is 5. The molecule has 106 valence electrons. The van der Waals surface area contributed by atoms with Gasteiger partial charge in [-0.15, -0.1) is 0 Å². The molecule has 0 unspecified atom stereocenters. The highest BCUT2D eigenvalue weighted by molar-refractivity contribution is 5.91. The van der Waals surface area contributed by atoms with Crippen LogP contribution in [0.3, 0.4) is 0 Å². The van der Waals surface area contributed by atoms with Gasteiger partial charge in [0, 0.05) is 22.6 Å². The molecule has 0 saturated heterocycles. The number of aromatic hydroxyl groups is 2. The second-order valence-corrected chi connectivity index (χ2v) is 5.10. The van der Waals surface area contributed by atoms with Gasteiger partial charge >= 0.3 is 0 Å². The molecule has 2 aromatic carbocycles. The van der Waals surface area contributed by atoms with Gasteiger partial charge in [-0.25, -0.2) is 4.98 Å². The Kier molecular flexibility index (Phi) is 2.48. The van der Waals surface area contributed by atoms with Gasteiger partial charge in [-0.1, -0.05) is 0 Å². The van der Waals surface area contributed by atoms with E-state index in [1.165, 1.54) is 12.1 Å². The van der Waals surface area contributed by atoms with Crippen LogP contribution in [0.1, 0.15) is 11.1 Å². The second kappa shape index (κ2) is 4.37. The van der Waals surface area contributed by atoms with Gasteiger partial charge in [-0.2, -0.15) is 5.26 Å². The van der Waals surface area contributed by atoms with E-state index in [-0.39, 0.29) is 18.1 Å². The van der Waals surface area contributed by atoms with Crippen LogP contribution in [0.2, 0.25) is 0 Å². The molecule has 1 aliphatic rings. The Bertz CT molecular complexity index is 974. The predicted octanol–water partition coefficient (Wildman–Crippen LogP) is 3.08. The van der Waals surface area contributed by atoms with Crippen LogP contribution in [0.25, 0.3) is 22.2 Å². The van der Waals surface area contributed by atoms with Crippen LogP contribution >= 0.6 is 0 Å². The number of phenols is 2. The number of pyridine rings is 1. The molecule has 2 N–H and O–H groups in total. The van der Waals surface area contributed by atoms with E-state index < -0.39 is 0 Å². The summed E-state index contributed by atoms with van der Waals surface area (Å²) in [6.07, 6.45) is 0. The molecule has 0 radical (unpaired) electrons. The van der Waals surface area contributed by atoms with E-state index in [9.17, 15) is 15.5 Å². The highest BCUT2D eigenvalue weighted by atomic mass is 16.5. The molecule has 5 nitrogen and oxygen atoms in total. The molecule has 0 amide bonds. The van der Waals surface area contributed by atoms with Crippen molar-refractivity contribution >= 4 is 10.9 Å². The van der Waals surface area contributed by atoms with E-state index in [2.05, 4.69) is 11.1 Å². The summed E-state index contributed by atoms with van der Waals surface area (Å²) in [5.41, 5.74) is 3.20. The fraction of sp³-hybridized carbons (Fsp3) is 0.0588. The Morgan fingerprint density at radius 1 is 1.09 bits per heavy atom. The zero-order valence-corrected chi connectivity index (χ0v) is 11.4. The molecular formula is C17H10N2O3. The van der Waals surface area contributed by atoms with Crippen molar-refractivity contribution in [3.05, 3.63) is 47.5 Å². The lowest BCUT2D eigenvalue weighted by molar-refractivity contribution is 0.299. The normalized spacial score (nSPS) is 12.1. The Balaban J connectivity index is 2.10. The molecule has 5 heteroatoms. The fourth-order valence-electron chi connectivity index (χ4n) is 2.76. The van der Waals surface area contributed by atoms with Crippen molar-refractivity contribution in [2.45, 2.75) is 6.61 Å². The van der Waals surface area contributed by atoms with Gasteiger partial charge in [-0.05, 0) is 30.3 Å². The van der Waals surface area contributed by atoms with Crippen molar-refractivity contribution < 1.29 is 14.9 Å². The Hall–Kier alpha value is -3.26. The Labute approximate surface area is 125 Å². The van der Waals surface area contributed by atoms with E-state index >= 15 is 0 Å². The first-order valence-electron chi connectivity index (χ1n) is 6.69. The van der Waals surface area contributed by atoms with E-state index in [1.807, 2.05) is 0 Å². The third kappa shape index (κ3) is 1.68. The zero-order chi connectivity index (χ0) is 15.3. The maximum atomic E-state index is 9.65. The summed E-state index contributed by atoms with van der Waals surface area (Å²) in [5.74, 6) is 0.753. The van der Waals surface area contributed by atoms with Crippen molar-refractivity contribution in [1.82, 2.24) is 4.98 Å². The van der Waals surface area contributed by atoms with Crippen LogP contribution < -0.4 is 4.74 Å². The topological polar surface area (TPSA) is 86.4 Å². The smallest absolute Gasteiger partial charge is 0.132 e. The molecule has 0 aliphatic carbocycles. The summed E-state index contributed by atoms with van der Waals surface area (Å²) >= 11 is 0. The van der Waals surface area contributed by atoms with Gasteiger partial charge in [0.25, 0.3) is 0 Å². The molecule has 1 aromatic heterocycles. The maximum Gasteiger partial charge on any atom is 0.132 e. The Morgan fingerprint density at radius 2 is 1.86 bits per heavy atom. The van der Waals surface area contributed by atoms with Gasteiger partial charge in [0.05, 0.1) is 16.8 Å². The van der Waals surface area contributed by atoms with Gasteiger partial charge in [0.1, 0.15) is 29.9 Å². The predicted molar refractivity (Wildman–Crippen MR) is 79.6 cm³/mol. The van der Waals surface area contributed by atoms with Crippen molar-refractivity contribution in [3.8, 4) is 34.6 Å². The quantitative estimate of drug-likeness (QED) is 0.664. The maximum absolute atomic E-state index is 9.65. The van der Waals surface area contributed by atoms with E-state index in [1.54, 1.807) is 24.3 Å². The first kappa shape index (κ1) is 12.5. The number of phenolic OH excluding ortho intramolecular Hbond substituents is 2. The van der Waals surface area contributed by atoms with Crippen molar-refractivity contribution in [3.63, 3.8) is 0 Å². The van der Waals surface area contributed by atoms with Crippen molar-refractivity contribution in [2.75, 3.05) is 0 Å². The highest BCUT2D eigenvalue weighted by Gasteiger charge is 2.24. The standard InChI is InChI=1S/C17H10N2O3/c18-7-13-12-5-9(20)2-4-15(12)19-17-11-3-1-10(21)6-16(11)22-8-14(13)17/h1-6,20-21H,8H2. The minimum absolute atomic E-state index is 0.0906. The summed E-state index contributed by atoms with van der Waals surface area (Å²) in [7, 11) is 0. The summed E-state index contributed by atoms with van der Waals surface area (Å²) in [4.78, 5) is 4.61. The fourth-order valence-corrected chi connectivity index (χ4v) is 2.76. The molecule has 0 fully saturated rings. The monoisotopic (exact) mass is 290 g/mol. The van der Waals surface area contributed by atoms with Crippen LogP contribution in [0.5, 0.6) is 17.2 Å². The number of benzene rings is 2. The third-order valence-electron chi connectivity index (χ3n) is 3.77. The molecule has 0 atom stereocenters. The SMILES string of the molecule is N#Cc1c2c(nc3ccc(O)cc13)-c1ccc(O)cc1OC2. The van der Waals surface area contributed by atoms with E-state index in [4.69, 9.17) is 4.74 Å². The van der Waals surface area contributed by atoms with Crippen LogP contribution in [-0.2, 0) is 6.61 Å². The molecule has 2 heterocycles. The van der Waals surface area contributed by atoms with Crippen molar-refractivity contribution in [2.24, 2.45) is 0 Å². The lowest BCUT2D eigenvalue weighted by Gasteiger charge is -2.22. The Morgan fingerprint density at radius 3 is 2.68 bits per heavy atom. The largest absolute Gasteiger partial charge is 0.508 e. The number of ether oxygens (including phenoxy) is 1. The van der Waals surface area contributed by atoms with Gasteiger partial charge in [-0.3, -0.25) is 0 Å². The molecule has 0 spiro atoms. The third-order valence-corrected chi connectivity index (χ3v) is 3.77. The van der Waals surface area contributed by atoms with E-state index in [0.717, 1.165) is 5.56 Å². The first-order chi connectivity index (χ1) is 10.7. The molecule has 1 aliphatic heterocycles. The second-order valence-electron chi connectivity index (χ2n) is 5.10. The average Bonchev–Trinajstić information content (AvgIpc) is 2.52. The molecule has 0 saturated carbocycles. The molecule has 4 rings (SSSR count). The number of nitrogens with zero attached hydrogens (tertiary/aromatic N) is 2.